The summed E-state index contributed by atoms with van der Waals surface area (Å²) in [4.78, 5) is 13.3. The van der Waals surface area contributed by atoms with Crippen molar-refractivity contribution in [2.24, 2.45) is 11.7 Å². The van der Waals surface area contributed by atoms with Crippen LogP contribution in [-0.2, 0) is 4.79 Å². The molecule has 0 aliphatic carbocycles. The molecule has 0 bridgehead atoms. The Morgan fingerprint density at radius 3 is 2.92 bits per heavy atom. The Labute approximate surface area is 80.3 Å². The van der Waals surface area contributed by atoms with Crippen LogP contribution in [0.3, 0.4) is 0 Å². The van der Waals surface area contributed by atoms with Crippen LogP contribution in [0, 0.1) is 12.3 Å². The van der Waals surface area contributed by atoms with E-state index >= 15 is 0 Å². The molecular formula is C10H19N2O. The molecule has 1 saturated heterocycles. The van der Waals surface area contributed by atoms with Crippen molar-refractivity contribution in [2.75, 3.05) is 13.1 Å². The number of nitrogens with two attached hydrogens (primary N) is 1. The lowest BCUT2D eigenvalue weighted by atomic mass is 10.0. The highest BCUT2D eigenvalue weighted by atomic mass is 16.1. The summed E-state index contributed by atoms with van der Waals surface area (Å²) in [7, 11) is 0. The topological polar surface area (TPSA) is 46.3 Å². The molecule has 1 heterocycles. The molecule has 0 aromatic heterocycles. The second kappa shape index (κ2) is 4.61. The number of rotatable bonds is 3. The van der Waals surface area contributed by atoms with E-state index in [4.69, 9.17) is 5.73 Å². The number of hydrogen-bond donors (Lipinski definition) is 1. The molecule has 75 valence electrons. The van der Waals surface area contributed by atoms with Crippen molar-refractivity contribution in [2.45, 2.75) is 32.7 Å². The van der Waals surface area contributed by atoms with Crippen LogP contribution in [0.15, 0.2) is 0 Å². The van der Waals surface area contributed by atoms with Gasteiger partial charge in [-0.15, -0.1) is 0 Å². The molecule has 0 aromatic rings. The highest BCUT2D eigenvalue weighted by molar-refractivity contribution is 5.80. The lowest BCUT2D eigenvalue weighted by Gasteiger charge is -2.34. The number of likely N-dealkylation sites (tertiary alicyclic amines) is 1. The van der Waals surface area contributed by atoms with Gasteiger partial charge >= 0.3 is 0 Å². The van der Waals surface area contributed by atoms with E-state index in [1.54, 1.807) is 0 Å². The number of nitrogens with zero attached hydrogens (tertiary/aromatic N) is 1. The van der Waals surface area contributed by atoms with Crippen LogP contribution in [0.2, 0.25) is 0 Å². The van der Waals surface area contributed by atoms with Crippen molar-refractivity contribution in [1.82, 2.24) is 4.90 Å². The number of hydrogen-bond acceptors (Lipinski definition) is 2. The van der Waals surface area contributed by atoms with E-state index in [1.165, 1.54) is 0 Å². The molecular weight excluding hydrogens is 164 g/mol. The number of carbonyl (C=O) groups is 1. The van der Waals surface area contributed by atoms with Crippen LogP contribution in [0.25, 0.3) is 0 Å². The Hall–Kier alpha value is -0.570. The molecule has 1 unspecified atom stereocenters. The predicted octanol–water partition coefficient (Wildman–Crippen LogP) is 0.796. The van der Waals surface area contributed by atoms with E-state index in [1.807, 2.05) is 0 Å². The van der Waals surface area contributed by atoms with Crippen LogP contribution in [0.5, 0.6) is 0 Å². The van der Waals surface area contributed by atoms with Gasteiger partial charge < -0.3 is 5.73 Å². The first-order valence-electron chi connectivity index (χ1n) is 4.96. The molecule has 0 spiro atoms. The second-order valence-electron chi connectivity index (χ2n) is 4.12. The minimum absolute atomic E-state index is 0.0591. The first-order valence-corrected chi connectivity index (χ1v) is 4.96. The Kier molecular flexibility index (Phi) is 3.72. The smallest absolute Gasteiger partial charge is 0.234 e. The van der Waals surface area contributed by atoms with Gasteiger partial charge in [0.25, 0.3) is 0 Å². The molecule has 1 rings (SSSR count). The van der Waals surface area contributed by atoms with Gasteiger partial charge in [0.05, 0.1) is 6.04 Å². The number of carbonyl (C=O) groups excluding carboxylic acids is 1. The fraction of sp³-hybridized carbons (Fsp3) is 0.800. The molecule has 1 radical (unpaired) electrons. The third-order valence-electron chi connectivity index (χ3n) is 2.38. The third kappa shape index (κ3) is 2.99. The molecule has 3 nitrogen and oxygen atoms in total. The maximum atomic E-state index is 11.1. The quantitative estimate of drug-likeness (QED) is 0.703. The van der Waals surface area contributed by atoms with Crippen LogP contribution in [0.4, 0.5) is 0 Å². The monoisotopic (exact) mass is 183 g/mol. The van der Waals surface area contributed by atoms with Crippen molar-refractivity contribution in [3.05, 3.63) is 6.42 Å². The molecule has 2 N–H and O–H groups in total. The summed E-state index contributed by atoms with van der Waals surface area (Å²) in [6.45, 7) is 6.28. The van der Waals surface area contributed by atoms with Crippen LogP contribution >= 0.6 is 0 Å². The van der Waals surface area contributed by atoms with Crippen molar-refractivity contribution in [3.8, 4) is 0 Å². The van der Waals surface area contributed by atoms with E-state index in [0.717, 1.165) is 25.9 Å². The summed E-state index contributed by atoms with van der Waals surface area (Å²) in [6.07, 6.45) is 4.06. The van der Waals surface area contributed by atoms with Crippen molar-refractivity contribution < 1.29 is 4.79 Å². The molecule has 3 heteroatoms. The number of piperidine rings is 1. The van der Waals surface area contributed by atoms with E-state index in [-0.39, 0.29) is 11.9 Å². The van der Waals surface area contributed by atoms with Gasteiger partial charge in [-0.3, -0.25) is 9.69 Å². The molecule has 13 heavy (non-hydrogen) atoms. The normalized spacial score (nSPS) is 25.0. The molecule has 1 fully saturated rings. The van der Waals surface area contributed by atoms with E-state index < -0.39 is 0 Å². The zero-order chi connectivity index (χ0) is 9.84. The van der Waals surface area contributed by atoms with Gasteiger partial charge in [-0.2, -0.15) is 0 Å². The van der Waals surface area contributed by atoms with Gasteiger partial charge in [-0.25, -0.2) is 0 Å². The second-order valence-corrected chi connectivity index (χ2v) is 4.12. The summed E-state index contributed by atoms with van der Waals surface area (Å²) < 4.78 is 0. The van der Waals surface area contributed by atoms with Crippen LogP contribution < -0.4 is 5.73 Å². The average Bonchev–Trinajstić information content (AvgIpc) is 2.03. The summed E-state index contributed by atoms with van der Waals surface area (Å²) in [6, 6.07) is -0.0591. The minimum Gasteiger partial charge on any atom is -0.368 e. The minimum atomic E-state index is -0.184. The summed E-state index contributed by atoms with van der Waals surface area (Å²) >= 11 is 0. The highest BCUT2D eigenvalue weighted by Crippen LogP contribution is 2.16. The average molecular weight is 183 g/mol. The first kappa shape index (κ1) is 10.5. The van der Waals surface area contributed by atoms with E-state index in [9.17, 15) is 4.79 Å². The zero-order valence-electron chi connectivity index (χ0n) is 8.49. The van der Waals surface area contributed by atoms with Crippen LogP contribution in [-0.4, -0.2) is 29.9 Å². The third-order valence-corrected chi connectivity index (χ3v) is 2.38. The van der Waals surface area contributed by atoms with Gasteiger partial charge in [0, 0.05) is 6.54 Å². The van der Waals surface area contributed by atoms with Crippen molar-refractivity contribution in [3.63, 3.8) is 0 Å². The zero-order valence-corrected chi connectivity index (χ0v) is 8.49. The summed E-state index contributed by atoms with van der Waals surface area (Å²) in [5.41, 5.74) is 5.33. The lowest BCUT2D eigenvalue weighted by molar-refractivity contribution is -0.124. The SMILES string of the molecule is CC(C)CN1CC[CH]CC1C(N)=O. The van der Waals surface area contributed by atoms with Gasteiger partial charge in [-0.1, -0.05) is 13.8 Å². The van der Waals surface area contributed by atoms with Gasteiger partial charge in [-0.05, 0) is 31.7 Å². The largest absolute Gasteiger partial charge is 0.368 e. The molecule has 1 aliphatic rings. The van der Waals surface area contributed by atoms with Crippen molar-refractivity contribution >= 4 is 5.91 Å². The Balaban J connectivity index is 2.51. The van der Waals surface area contributed by atoms with Crippen molar-refractivity contribution in [1.29, 1.82) is 0 Å². The maximum Gasteiger partial charge on any atom is 0.234 e. The van der Waals surface area contributed by atoms with E-state index in [2.05, 4.69) is 25.2 Å². The van der Waals surface area contributed by atoms with Gasteiger partial charge in [0.2, 0.25) is 5.91 Å². The molecule has 0 aromatic carbocycles. The predicted molar refractivity (Wildman–Crippen MR) is 52.9 cm³/mol. The van der Waals surface area contributed by atoms with Crippen LogP contribution in [0.1, 0.15) is 26.7 Å². The maximum absolute atomic E-state index is 11.1. The summed E-state index contributed by atoms with van der Waals surface area (Å²) in [5, 5.41) is 0. The fourth-order valence-corrected chi connectivity index (χ4v) is 1.82. The number of amides is 1. The fourth-order valence-electron chi connectivity index (χ4n) is 1.82. The molecule has 1 aliphatic heterocycles. The van der Waals surface area contributed by atoms with E-state index in [0.29, 0.717) is 5.92 Å². The first-order chi connectivity index (χ1) is 6.11. The summed E-state index contributed by atoms with van der Waals surface area (Å²) in [5.74, 6) is 0.413. The molecule has 1 atom stereocenters. The van der Waals surface area contributed by atoms with Gasteiger partial charge in [0.1, 0.15) is 0 Å². The standard InChI is InChI=1S/C10H19N2O/c1-8(2)7-12-6-4-3-5-9(12)10(11)13/h3,8-9H,4-7H2,1-2H3,(H2,11,13). The molecule has 0 saturated carbocycles. The Bertz CT molecular complexity index is 180. The highest BCUT2D eigenvalue weighted by Gasteiger charge is 2.26. The number of primary amides is 1. The lowest BCUT2D eigenvalue weighted by Crippen LogP contribution is -2.49. The Morgan fingerprint density at radius 1 is 1.69 bits per heavy atom. The molecule has 1 amide bonds. The Morgan fingerprint density at radius 2 is 2.38 bits per heavy atom. The van der Waals surface area contributed by atoms with Gasteiger partial charge in [0.15, 0.2) is 0 Å².